The third-order valence-electron chi connectivity index (χ3n) is 2.94. The number of hydrogen-bond donors (Lipinski definition) is 2. The van der Waals surface area contributed by atoms with Crippen LogP contribution in [-0.4, -0.2) is 18.5 Å². The molecule has 4 nitrogen and oxygen atoms in total. The third-order valence-corrected chi connectivity index (χ3v) is 3.43. The van der Waals surface area contributed by atoms with Crippen LogP contribution in [0.5, 0.6) is 0 Å². The fourth-order valence-corrected chi connectivity index (χ4v) is 2.12. The maximum Gasteiger partial charge on any atom is 0.220 e. The van der Waals surface area contributed by atoms with Gasteiger partial charge in [0.25, 0.3) is 0 Å². The second-order valence-electron chi connectivity index (χ2n) is 4.67. The lowest BCUT2D eigenvalue weighted by Gasteiger charge is -2.08. The van der Waals surface area contributed by atoms with E-state index in [0.29, 0.717) is 24.6 Å². The predicted molar refractivity (Wildman–Crippen MR) is 77.7 cm³/mol. The lowest BCUT2D eigenvalue weighted by atomic mass is 10.2. The van der Waals surface area contributed by atoms with E-state index >= 15 is 0 Å². The second-order valence-corrected chi connectivity index (χ2v) is 5.59. The van der Waals surface area contributed by atoms with Crippen molar-refractivity contribution in [2.24, 2.45) is 0 Å². The molecule has 100 valence electrons. The molecule has 19 heavy (non-hydrogen) atoms. The number of rotatable bonds is 6. The van der Waals surface area contributed by atoms with Gasteiger partial charge in [0, 0.05) is 23.5 Å². The number of carbonyl (C=O) groups excluding carboxylic acids is 1. The van der Waals surface area contributed by atoms with E-state index in [9.17, 15) is 4.79 Å². The summed E-state index contributed by atoms with van der Waals surface area (Å²) in [7, 11) is 0. The molecule has 0 spiro atoms. The molecule has 0 aromatic heterocycles. The first kappa shape index (κ1) is 13.9. The van der Waals surface area contributed by atoms with Gasteiger partial charge in [-0.1, -0.05) is 15.9 Å². The fraction of sp³-hybridized carbons (Fsp3) is 0.429. The highest BCUT2D eigenvalue weighted by molar-refractivity contribution is 9.10. The molecular formula is C14H16BrN3O. The third kappa shape index (κ3) is 4.56. The molecule has 1 amide bonds. The van der Waals surface area contributed by atoms with Gasteiger partial charge in [-0.05, 0) is 37.5 Å². The van der Waals surface area contributed by atoms with Crippen molar-refractivity contribution >= 4 is 27.5 Å². The molecule has 1 saturated carbocycles. The highest BCUT2D eigenvalue weighted by Gasteiger charge is 2.22. The van der Waals surface area contributed by atoms with Crippen LogP contribution < -0.4 is 10.6 Å². The summed E-state index contributed by atoms with van der Waals surface area (Å²) in [5, 5.41) is 15.2. The van der Waals surface area contributed by atoms with Gasteiger partial charge in [0.1, 0.15) is 6.07 Å². The Morgan fingerprint density at radius 3 is 2.95 bits per heavy atom. The average Bonchev–Trinajstić information content (AvgIpc) is 3.19. The summed E-state index contributed by atoms with van der Waals surface area (Å²) in [6.07, 6.45) is 3.53. The first-order valence-corrected chi connectivity index (χ1v) is 7.21. The first-order chi connectivity index (χ1) is 9.19. The van der Waals surface area contributed by atoms with E-state index in [-0.39, 0.29) is 5.91 Å². The quantitative estimate of drug-likeness (QED) is 0.792. The maximum absolute atomic E-state index is 11.5. The average molecular weight is 322 g/mol. The summed E-state index contributed by atoms with van der Waals surface area (Å²) < 4.78 is 0.887. The van der Waals surface area contributed by atoms with E-state index in [1.807, 2.05) is 12.1 Å². The summed E-state index contributed by atoms with van der Waals surface area (Å²) in [6, 6.07) is 8.12. The normalized spacial score (nSPS) is 13.7. The van der Waals surface area contributed by atoms with Gasteiger partial charge in [0.2, 0.25) is 5.91 Å². The highest BCUT2D eigenvalue weighted by atomic mass is 79.9. The van der Waals surface area contributed by atoms with E-state index in [1.54, 1.807) is 6.07 Å². The fourth-order valence-electron chi connectivity index (χ4n) is 1.76. The largest absolute Gasteiger partial charge is 0.384 e. The van der Waals surface area contributed by atoms with Crippen molar-refractivity contribution in [2.45, 2.75) is 31.7 Å². The topological polar surface area (TPSA) is 64.9 Å². The molecule has 0 atom stereocenters. The standard InChI is InChI=1S/C14H16BrN3O/c15-11-3-6-13(10(8-11)9-16)17-7-1-2-14(19)18-12-4-5-12/h3,6,8,12,17H,1-2,4-5,7H2,(H,18,19). The van der Waals surface area contributed by atoms with E-state index < -0.39 is 0 Å². The number of hydrogen-bond acceptors (Lipinski definition) is 3. The smallest absolute Gasteiger partial charge is 0.220 e. The van der Waals surface area contributed by atoms with Gasteiger partial charge >= 0.3 is 0 Å². The zero-order valence-electron chi connectivity index (χ0n) is 10.6. The summed E-state index contributed by atoms with van der Waals surface area (Å²) in [5.41, 5.74) is 1.42. The van der Waals surface area contributed by atoms with Crippen LogP contribution in [-0.2, 0) is 4.79 Å². The summed E-state index contributed by atoms with van der Waals surface area (Å²) in [4.78, 5) is 11.5. The van der Waals surface area contributed by atoms with Crippen molar-refractivity contribution in [3.63, 3.8) is 0 Å². The number of halogens is 1. The Hall–Kier alpha value is -1.54. The molecule has 1 fully saturated rings. The Morgan fingerprint density at radius 1 is 1.47 bits per heavy atom. The summed E-state index contributed by atoms with van der Waals surface area (Å²) >= 11 is 3.33. The number of benzene rings is 1. The molecule has 0 heterocycles. The molecule has 1 aromatic rings. The van der Waals surface area contributed by atoms with Crippen molar-refractivity contribution in [2.75, 3.05) is 11.9 Å². The Bertz CT molecular complexity index is 506. The van der Waals surface area contributed by atoms with Gasteiger partial charge in [0.15, 0.2) is 0 Å². The molecular weight excluding hydrogens is 306 g/mol. The second kappa shape index (κ2) is 6.58. The van der Waals surface area contributed by atoms with Crippen molar-refractivity contribution < 1.29 is 4.79 Å². The molecule has 2 N–H and O–H groups in total. The maximum atomic E-state index is 11.5. The number of nitrogens with zero attached hydrogens (tertiary/aromatic N) is 1. The van der Waals surface area contributed by atoms with Crippen LogP contribution in [0.25, 0.3) is 0 Å². The minimum atomic E-state index is 0.126. The number of nitrogens with one attached hydrogen (secondary N) is 2. The van der Waals surface area contributed by atoms with Crippen LogP contribution in [0.1, 0.15) is 31.2 Å². The van der Waals surface area contributed by atoms with Crippen molar-refractivity contribution in [1.82, 2.24) is 5.32 Å². The van der Waals surface area contributed by atoms with E-state index in [0.717, 1.165) is 29.4 Å². The van der Waals surface area contributed by atoms with Crippen LogP contribution in [0.15, 0.2) is 22.7 Å². The van der Waals surface area contributed by atoms with Gasteiger partial charge in [-0.15, -0.1) is 0 Å². The molecule has 0 bridgehead atoms. The zero-order valence-corrected chi connectivity index (χ0v) is 12.2. The van der Waals surface area contributed by atoms with Crippen LogP contribution in [0, 0.1) is 11.3 Å². The Kier molecular flexibility index (Phi) is 4.80. The van der Waals surface area contributed by atoms with Gasteiger partial charge < -0.3 is 10.6 Å². The number of amides is 1. The molecule has 0 aliphatic heterocycles. The van der Waals surface area contributed by atoms with Crippen LogP contribution in [0.2, 0.25) is 0 Å². The number of nitriles is 1. The van der Waals surface area contributed by atoms with E-state index in [1.165, 1.54) is 0 Å². The molecule has 0 radical (unpaired) electrons. The van der Waals surface area contributed by atoms with Crippen LogP contribution in [0.4, 0.5) is 5.69 Å². The Morgan fingerprint density at radius 2 is 2.26 bits per heavy atom. The molecule has 0 saturated heterocycles. The lowest BCUT2D eigenvalue weighted by Crippen LogP contribution is -2.25. The number of carbonyl (C=O) groups is 1. The van der Waals surface area contributed by atoms with E-state index in [2.05, 4.69) is 32.6 Å². The van der Waals surface area contributed by atoms with Crippen molar-refractivity contribution in [1.29, 1.82) is 5.26 Å². The Balaban J connectivity index is 1.73. The van der Waals surface area contributed by atoms with Gasteiger partial charge in [-0.2, -0.15) is 5.26 Å². The minimum Gasteiger partial charge on any atom is -0.384 e. The molecule has 5 heteroatoms. The SMILES string of the molecule is N#Cc1cc(Br)ccc1NCCCC(=O)NC1CC1. The molecule has 1 aliphatic carbocycles. The van der Waals surface area contributed by atoms with Gasteiger partial charge in [-0.3, -0.25) is 4.79 Å². The number of anilines is 1. The monoisotopic (exact) mass is 321 g/mol. The Labute approximate surface area is 121 Å². The predicted octanol–water partition coefficient (Wildman–Crippen LogP) is 2.79. The van der Waals surface area contributed by atoms with Gasteiger partial charge in [-0.25, -0.2) is 0 Å². The van der Waals surface area contributed by atoms with Crippen LogP contribution in [0.3, 0.4) is 0 Å². The van der Waals surface area contributed by atoms with Gasteiger partial charge in [0.05, 0.1) is 11.3 Å². The first-order valence-electron chi connectivity index (χ1n) is 6.42. The molecule has 1 aliphatic rings. The minimum absolute atomic E-state index is 0.126. The van der Waals surface area contributed by atoms with Crippen molar-refractivity contribution in [3.05, 3.63) is 28.2 Å². The zero-order chi connectivity index (χ0) is 13.7. The summed E-state index contributed by atoms with van der Waals surface area (Å²) in [6.45, 7) is 0.689. The highest BCUT2D eigenvalue weighted by Crippen LogP contribution is 2.20. The van der Waals surface area contributed by atoms with E-state index in [4.69, 9.17) is 5.26 Å². The molecule has 2 rings (SSSR count). The van der Waals surface area contributed by atoms with Crippen molar-refractivity contribution in [3.8, 4) is 6.07 Å². The van der Waals surface area contributed by atoms with Crippen LogP contribution >= 0.6 is 15.9 Å². The molecule has 1 aromatic carbocycles. The molecule has 0 unspecified atom stereocenters. The lowest BCUT2D eigenvalue weighted by molar-refractivity contribution is -0.121. The summed E-state index contributed by atoms with van der Waals surface area (Å²) in [5.74, 6) is 0.126.